The maximum absolute atomic E-state index is 13.1. The van der Waals surface area contributed by atoms with Crippen molar-refractivity contribution in [1.82, 2.24) is 4.90 Å². The Morgan fingerprint density at radius 2 is 1.71 bits per heavy atom. The third kappa shape index (κ3) is 4.07. The Morgan fingerprint density at radius 3 is 2.39 bits per heavy atom. The number of hydrogen-bond acceptors (Lipinski definition) is 3. The zero-order valence-electron chi connectivity index (χ0n) is 17.0. The topological polar surface area (TPSA) is 66.5 Å². The van der Waals surface area contributed by atoms with Gasteiger partial charge in [-0.25, -0.2) is 8.42 Å². The Hall–Kier alpha value is -2.34. The van der Waals surface area contributed by atoms with Crippen molar-refractivity contribution in [3.05, 3.63) is 58.7 Å². The molecule has 0 aromatic heterocycles. The van der Waals surface area contributed by atoms with E-state index >= 15 is 0 Å². The second kappa shape index (κ2) is 7.95. The zero-order chi connectivity index (χ0) is 20.5. The molecule has 0 radical (unpaired) electrons. The first-order valence-corrected chi connectivity index (χ1v) is 11.2. The summed E-state index contributed by atoms with van der Waals surface area (Å²) < 4.78 is 28.8. The summed E-state index contributed by atoms with van der Waals surface area (Å²) in [4.78, 5) is 14.8. The Kier molecular flexibility index (Phi) is 5.79. The van der Waals surface area contributed by atoms with Gasteiger partial charge in [0.2, 0.25) is 0 Å². The predicted molar refractivity (Wildman–Crippen MR) is 112 cm³/mol. The van der Waals surface area contributed by atoms with Gasteiger partial charge >= 0.3 is 0 Å². The van der Waals surface area contributed by atoms with Gasteiger partial charge in [-0.3, -0.25) is 9.52 Å². The molecule has 2 aromatic carbocycles. The molecule has 1 aliphatic rings. The number of nitrogens with zero attached hydrogens (tertiary/aromatic N) is 1. The highest BCUT2D eigenvalue weighted by Crippen LogP contribution is 2.27. The number of carbonyl (C=O) groups is 1. The number of amides is 1. The van der Waals surface area contributed by atoms with Gasteiger partial charge in [-0.15, -0.1) is 0 Å². The van der Waals surface area contributed by atoms with Gasteiger partial charge in [0, 0.05) is 18.7 Å². The minimum absolute atomic E-state index is 0.130. The Labute approximate surface area is 167 Å². The standard InChI is InChI=1S/C22H28N2O3S/c1-15-8-7-11-20(17(15)3)23-28(26,27)21-14-18(13-12-16(21)2)22(25)24(4)19-9-5-6-10-19/h7-8,11-14,19,23H,5-6,9-10H2,1-4H3. The van der Waals surface area contributed by atoms with Gasteiger partial charge in [0.1, 0.15) is 0 Å². The van der Waals surface area contributed by atoms with Crippen molar-refractivity contribution in [2.75, 3.05) is 11.8 Å². The van der Waals surface area contributed by atoms with E-state index in [9.17, 15) is 13.2 Å². The molecule has 0 saturated heterocycles. The van der Waals surface area contributed by atoms with Crippen LogP contribution in [0.2, 0.25) is 0 Å². The van der Waals surface area contributed by atoms with E-state index in [1.807, 2.05) is 26.0 Å². The predicted octanol–water partition coefficient (Wildman–Crippen LogP) is 4.43. The lowest BCUT2D eigenvalue weighted by molar-refractivity contribution is 0.0735. The highest BCUT2D eigenvalue weighted by Gasteiger charge is 2.26. The van der Waals surface area contributed by atoms with E-state index in [-0.39, 0.29) is 16.8 Å². The van der Waals surface area contributed by atoms with Gasteiger partial charge in [-0.1, -0.05) is 31.0 Å². The molecule has 1 N–H and O–H groups in total. The van der Waals surface area contributed by atoms with Gasteiger partial charge in [0.15, 0.2) is 0 Å². The van der Waals surface area contributed by atoms with Crippen molar-refractivity contribution in [1.29, 1.82) is 0 Å². The largest absolute Gasteiger partial charge is 0.339 e. The number of anilines is 1. The number of sulfonamides is 1. The Bertz CT molecular complexity index is 993. The van der Waals surface area contributed by atoms with E-state index in [0.29, 0.717) is 16.8 Å². The molecular formula is C22H28N2O3S. The first-order valence-electron chi connectivity index (χ1n) is 9.67. The van der Waals surface area contributed by atoms with E-state index in [2.05, 4.69) is 4.72 Å². The molecule has 0 aliphatic heterocycles. The zero-order valence-corrected chi connectivity index (χ0v) is 17.8. The quantitative estimate of drug-likeness (QED) is 0.807. The number of benzene rings is 2. The van der Waals surface area contributed by atoms with Crippen LogP contribution in [-0.2, 0) is 10.0 Å². The Balaban J connectivity index is 1.92. The third-order valence-corrected chi connectivity index (χ3v) is 7.27. The smallest absolute Gasteiger partial charge is 0.262 e. The van der Waals surface area contributed by atoms with Gasteiger partial charge < -0.3 is 4.90 Å². The van der Waals surface area contributed by atoms with Crippen LogP contribution in [-0.4, -0.2) is 32.3 Å². The van der Waals surface area contributed by atoms with Crippen LogP contribution in [0.4, 0.5) is 5.69 Å². The molecular weight excluding hydrogens is 372 g/mol. The maximum Gasteiger partial charge on any atom is 0.262 e. The number of carbonyl (C=O) groups excluding carboxylic acids is 1. The number of nitrogens with one attached hydrogen (secondary N) is 1. The first kappa shape index (κ1) is 20.4. The molecule has 2 aromatic rings. The van der Waals surface area contributed by atoms with Crippen LogP contribution in [0.25, 0.3) is 0 Å². The van der Waals surface area contributed by atoms with Gasteiger partial charge in [0.05, 0.1) is 10.6 Å². The monoisotopic (exact) mass is 400 g/mol. The summed E-state index contributed by atoms with van der Waals surface area (Å²) in [6, 6.07) is 10.7. The second-order valence-corrected chi connectivity index (χ2v) is 9.34. The summed E-state index contributed by atoms with van der Waals surface area (Å²) in [6.45, 7) is 5.57. The highest BCUT2D eigenvalue weighted by atomic mass is 32.2. The SMILES string of the molecule is Cc1ccc(C(=O)N(C)C2CCCC2)cc1S(=O)(=O)Nc1cccc(C)c1C. The number of aryl methyl sites for hydroxylation is 2. The van der Waals surface area contributed by atoms with Crippen LogP contribution in [0.1, 0.15) is 52.7 Å². The molecule has 1 amide bonds. The number of hydrogen-bond donors (Lipinski definition) is 1. The number of rotatable bonds is 5. The molecule has 6 heteroatoms. The molecule has 0 atom stereocenters. The van der Waals surface area contributed by atoms with Crippen LogP contribution in [0.15, 0.2) is 41.3 Å². The summed E-state index contributed by atoms with van der Waals surface area (Å²) in [5.41, 5.74) is 3.47. The van der Waals surface area contributed by atoms with Crippen LogP contribution in [0.5, 0.6) is 0 Å². The average molecular weight is 401 g/mol. The maximum atomic E-state index is 13.1. The summed E-state index contributed by atoms with van der Waals surface area (Å²) >= 11 is 0. The van der Waals surface area contributed by atoms with Crippen LogP contribution >= 0.6 is 0 Å². The van der Waals surface area contributed by atoms with E-state index in [1.54, 1.807) is 37.1 Å². The molecule has 150 valence electrons. The summed E-state index contributed by atoms with van der Waals surface area (Å²) in [5, 5.41) is 0. The van der Waals surface area contributed by atoms with Crippen molar-refractivity contribution in [3.8, 4) is 0 Å². The van der Waals surface area contributed by atoms with Crippen LogP contribution < -0.4 is 4.72 Å². The molecule has 0 heterocycles. The van der Waals surface area contributed by atoms with Gasteiger partial charge in [-0.2, -0.15) is 0 Å². The second-order valence-electron chi connectivity index (χ2n) is 7.69. The highest BCUT2D eigenvalue weighted by molar-refractivity contribution is 7.92. The molecule has 0 spiro atoms. The summed E-state index contributed by atoms with van der Waals surface area (Å²) in [7, 11) is -2.00. The summed E-state index contributed by atoms with van der Waals surface area (Å²) in [5.74, 6) is -0.130. The molecule has 1 aliphatic carbocycles. The lowest BCUT2D eigenvalue weighted by Gasteiger charge is -2.24. The molecule has 1 fully saturated rings. The fourth-order valence-corrected chi connectivity index (χ4v) is 5.14. The molecule has 1 saturated carbocycles. The van der Waals surface area contributed by atoms with Crippen molar-refractivity contribution in [2.24, 2.45) is 0 Å². The average Bonchev–Trinajstić information content (AvgIpc) is 3.19. The van der Waals surface area contributed by atoms with E-state index in [4.69, 9.17) is 0 Å². The minimum atomic E-state index is -3.80. The van der Waals surface area contributed by atoms with E-state index in [0.717, 1.165) is 36.8 Å². The lowest BCUT2D eigenvalue weighted by Crippen LogP contribution is -2.35. The molecule has 0 unspecified atom stereocenters. The molecule has 5 nitrogen and oxygen atoms in total. The van der Waals surface area contributed by atoms with Crippen molar-refractivity contribution in [2.45, 2.75) is 57.4 Å². The van der Waals surface area contributed by atoms with Crippen molar-refractivity contribution < 1.29 is 13.2 Å². The van der Waals surface area contributed by atoms with E-state index in [1.165, 1.54) is 6.07 Å². The molecule has 0 bridgehead atoms. The van der Waals surface area contributed by atoms with Crippen molar-refractivity contribution >= 4 is 21.6 Å². The normalized spacial score (nSPS) is 14.9. The molecule has 28 heavy (non-hydrogen) atoms. The lowest BCUT2D eigenvalue weighted by atomic mass is 10.1. The summed E-state index contributed by atoms with van der Waals surface area (Å²) in [6.07, 6.45) is 4.28. The van der Waals surface area contributed by atoms with Gasteiger partial charge in [-0.05, 0) is 68.5 Å². The van der Waals surface area contributed by atoms with E-state index < -0.39 is 10.0 Å². The van der Waals surface area contributed by atoms with Crippen LogP contribution in [0, 0.1) is 20.8 Å². The fraction of sp³-hybridized carbons (Fsp3) is 0.409. The first-order chi connectivity index (χ1) is 13.2. The Morgan fingerprint density at radius 1 is 1.04 bits per heavy atom. The molecule has 3 rings (SSSR count). The third-order valence-electron chi connectivity index (χ3n) is 5.77. The minimum Gasteiger partial charge on any atom is -0.339 e. The fourth-order valence-electron chi connectivity index (χ4n) is 3.75. The van der Waals surface area contributed by atoms with Gasteiger partial charge in [0.25, 0.3) is 15.9 Å². The van der Waals surface area contributed by atoms with Crippen molar-refractivity contribution in [3.63, 3.8) is 0 Å². The van der Waals surface area contributed by atoms with Crippen LogP contribution in [0.3, 0.4) is 0 Å².